The fraction of sp³-hybridized carbons (Fsp3) is 1.00. The van der Waals surface area contributed by atoms with Gasteiger partial charge in [0.2, 0.25) is 0 Å². The quantitative estimate of drug-likeness (QED) is 0.851. The molecule has 3 atom stereocenters. The molecule has 2 N–H and O–H groups in total. The summed E-state index contributed by atoms with van der Waals surface area (Å²) in [5.41, 5.74) is 6.97. The second-order valence-electron chi connectivity index (χ2n) is 8.58. The van der Waals surface area contributed by atoms with Crippen LogP contribution in [0.4, 0.5) is 0 Å². The van der Waals surface area contributed by atoms with Crippen LogP contribution in [0.3, 0.4) is 0 Å². The van der Waals surface area contributed by atoms with Crippen LogP contribution in [0.5, 0.6) is 0 Å². The van der Waals surface area contributed by atoms with Gasteiger partial charge < -0.3 is 5.73 Å². The highest BCUT2D eigenvalue weighted by Crippen LogP contribution is 2.40. The second-order valence-corrected chi connectivity index (χ2v) is 8.58. The lowest BCUT2D eigenvalue weighted by Gasteiger charge is -2.42. The van der Waals surface area contributed by atoms with Gasteiger partial charge in [-0.15, -0.1) is 0 Å². The summed E-state index contributed by atoms with van der Waals surface area (Å²) in [5, 5.41) is 0. The third-order valence-corrected chi connectivity index (χ3v) is 6.40. The lowest BCUT2D eigenvalue weighted by Crippen LogP contribution is -2.47. The first-order valence-corrected chi connectivity index (χ1v) is 9.05. The maximum atomic E-state index is 6.45. The van der Waals surface area contributed by atoms with E-state index in [1.165, 1.54) is 70.9 Å². The zero-order chi connectivity index (χ0) is 14.2. The zero-order valence-corrected chi connectivity index (χ0v) is 13.6. The van der Waals surface area contributed by atoms with Crippen molar-refractivity contribution in [1.29, 1.82) is 0 Å². The number of likely N-dealkylation sites (tertiary alicyclic amines) is 1. The summed E-state index contributed by atoms with van der Waals surface area (Å²) in [6.45, 7) is 7.49. The Bertz CT molecular complexity index is 319. The molecule has 2 saturated carbocycles. The second kappa shape index (κ2) is 5.96. The molecule has 0 aromatic carbocycles. The van der Waals surface area contributed by atoms with Crippen LogP contribution in [0.1, 0.15) is 71.6 Å². The Morgan fingerprint density at radius 2 is 1.80 bits per heavy atom. The van der Waals surface area contributed by atoms with Gasteiger partial charge in [0.05, 0.1) is 0 Å². The van der Waals surface area contributed by atoms with Gasteiger partial charge in [0.15, 0.2) is 0 Å². The van der Waals surface area contributed by atoms with Gasteiger partial charge in [-0.05, 0) is 68.7 Å². The Morgan fingerprint density at radius 1 is 1.05 bits per heavy atom. The van der Waals surface area contributed by atoms with Crippen LogP contribution in [-0.2, 0) is 0 Å². The topological polar surface area (TPSA) is 29.3 Å². The van der Waals surface area contributed by atoms with Crippen molar-refractivity contribution in [2.24, 2.45) is 23.0 Å². The highest BCUT2D eigenvalue weighted by molar-refractivity contribution is 4.93. The molecule has 116 valence electrons. The van der Waals surface area contributed by atoms with Crippen molar-refractivity contribution in [2.75, 3.05) is 13.1 Å². The maximum absolute atomic E-state index is 6.45. The smallest absolute Gasteiger partial charge is 0.0124 e. The molecule has 20 heavy (non-hydrogen) atoms. The van der Waals surface area contributed by atoms with Crippen LogP contribution in [0, 0.1) is 17.3 Å². The predicted molar refractivity (Wildman–Crippen MR) is 85.7 cm³/mol. The van der Waals surface area contributed by atoms with E-state index in [0.717, 1.165) is 17.9 Å². The predicted octanol–water partition coefficient (Wildman–Crippen LogP) is 3.79. The normalized spacial score (nSPS) is 39.5. The number of nitrogens with two attached hydrogens (primary N) is 1. The van der Waals surface area contributed by atoms with Crippen LogP contribution in [0.25, 0.3) is 0 Å². The van der Waals surface area contributed by atoms with Gasteiger partial charge in [0.25, 0.3) is 0 Å². The van der Waals surface area contributed by atoms with E-state index in [1.807, 2.05) is 0 Å². The Labute approximate surface area is 125 Å². The van der Waals surface area contributed by atoms with Crippen LogP contribution >= 0.6 is 0 Å². The lowest BCUT2D eigenvalue weighted by molar-refractivity contribution is 0.0949. The average molecular weight is 278 g/mol. The van der Waals surface area contributed by atoms with Gasteiger partial charge in [0.1, 0.15) is 0 Å². The van der Waals surface area contributed by atoms with E-state index in [4.69, 9.17) is 5.73 Å². The van der Waals surface area contributed by atoms with E-state index in [2.05, 4.69) is 18.7 Å². The molecular weight excluding hydrogens is 244 g/mol. The zero-order valence-electron chi connectivity index (χ0n) is 13.6. The van der Waals surface area contributed by atoms with Crippen molar-refractivity contribution in [1.82, 2.24) is 4.90 Å². The minimum atomic E-state index is 0.452. The van der Waals surface area contributed by atoms with Gasteiger partial charge in [0, 0.05) is 18.6 Å². The summed E-state index contributed by atoms with van der Waals surface area (Å²) < 4.78 is 0. The molecule has 0 amide bonds. The van der Waals surface area contributed by atoms with Crippen LogP contribution < -0.4 is 5.73 Å². The first-order chi connectivity index (χ1) is 9.55. The fourth-order valence-corrected chi connectivity index (χ4v) is 5.21. The molecule has 1 saturated heterocycles. The summed E-state index contributed by atoms with van der Waals surface area (Å²) in [4.78, 5) is 2.84. The molecule has 3 aliphatic rings. The maximum Gasteiger partial charge on any atom is 0.0124 e. The first-order valence-electron chi connectivity index (χ1n) is 9.05. The molecule has 0 aromatic rings. The Morgan fingerprint density at radius 3 is 2.55 bits per heavy atom. The Kier molecular flexibility index (Phi) is 4.42. The van der Waals surface area contributed by atoms with E-state index in [1.54, 1.807) is 0 Å². The van der Waals surface area contributed by atoms with Crippen molar-refractivity contribution >= 4 is 0 Å². The minimum absolute atomic E-state index is 0.452. The number of nitrogens with zero attached hydrogens (tertiary/aromatic N) is 1. The number of hydrogen-bond acceptors (Lipinski definition) is 2. The van der Waals surface area contributed by atoms with E-state index in [0.29, 0.717) is 11.5 Å². The molecule has 3 rings (SSSR count). The van der Waals surface area contributed by atoms with Gasteiger partial charge in [-0.3, -0.25) is 4.90 Å². The highest BCUT2D eigenvalue weighted by atomic mass is 15.2. The van der Waals surface area contributed by atoms with Crippen molar-refractivity contribution in [3.05, 3.63) is 0 Å². The molecule has 2 aliphatic carbocycles. The van der Waals surface area contributed by atoms with Crippen molar-refractivity contribution in [3.8, 4) is 0 Å². The van der Waals surface area contributed by atoms with Crippen LogP contribution in [0.2, 0.25) is 0 Å². The summed E-state index contributed by atoms with van der Waals surface area (Å²) in [6, 6.07) is 1.35. The van der Waals surface area contributed by atoms with Crippen LogP contribution in [0.15, 0.2) is 0 Å². The monoisotopic (exact) mass is 278 g/mol. The van der Waals surface area contributed by atoms with E-state index in [9.17, 15) is 0 Å². The molecule has 1 aliphatic heterocycles. The molecular formula is C18H34N2. The standard InChI is InChI=1S/C18H34N2/c1-18(2)10-9-16(19)15(12-18)13-20-11-5-8-17(20)14-6-3-4-7-14/h14-17H,3-13,19H2,1-2H3. The molecule has 3 fully saturated rings. The Balaban J connectivity index is 1.60. The first kappa shape index (κ1) is 14.8. The molecule has 0 bridgehead atoms. The third kappa shape index (κ3) is 3.22. The summed E-state index contributed by atoms with van der Waals surface area (Å²) in [7, 11) is 0. The molecule has 2 nitrogen and oxygen atoms in total. The average Bonchev–Trinajstić information content (AvgIpc) is 3.03. The van der Waals surface area contributed by atoms with Crippen molar-refractivity contribution in [3.63, 3.8) is 0 Å². The molecule has 0 aromatic heterocycles. The highest BCUT2D eigenvalue weighted by Gasteiger charge is 2.38. The summed E-state index contributed by atoms with van der Waals surface area (Å²) in [6.07, 6.45) is 12.7. The van der Waals surface area contributed by atoms with Gasteiger partial charge in [-0.25, -0.2) is 0 Å². The van der Waals surface area contributed by atoms with E-state index >= 15 is 0 Å². The Hall–Kier alpha value is -0.0800. The summed E-state index contributed by atoms with van der Waals surface area (Å²) in [5.74, 6) is 1.74. The molecule has 0 radical (unpaired) electrons. The molecule has 0 spiro atoms. The van der Waals surface area contributed by atoms with Gasteiger partial charge in [-0.2, -0.15) is 0 Å². The minimum Gasteiger partial charge on any atom is -0.327 e. The van der Waals surface area contributed by atoms with Gasteiger partial charge in [-0.1, -0.05) is 26.7 Å². The van der Waals surface area contributed by atoms with Crippen LogP contribution in [-0.4, -0.2) is 30.1 Å². The van der Waals surface area contributed by atoms with Gasteiger partial charge >= 0.3 is 0 Å². The fourth-order valence-electron chi connectivity index (χ4n) is 5.21. The number of hydrogen-bond donors (Lipinski definition) is 1. The molecule has 2 heteroatoms. The third-order valence-electron chi connectivity index (χ3n) is 6.40. The van der Waals surface area contributed by atoms with Crippen molar-refractivity contribution in [2.45, 2.75) is 83.7 Å². The van der Waals surface area contributed by atoms with Crippen molar-refractivity contribution < 1.29 is 0 Å². The largest absolute Gasteiger partial charge is 0.327 e. The SMILES string of the molecule is CC1(C)CCC(N)C(CN2CCCC2C2CCCC2)C1. The lowest BCUT2D eigenvalue weighted by atomic mass is 9.70. The van der Waals surface area contributed by atoms with E-state index < -0.39 is 0 Å². The molecule has 3 unspecified atom stereocenters. The summed E-state index contributed by atoms with van der Waals surface area (Å²) >= 11 is 0. The molecule has 1 heterocycles. The number of rotatable bonds is 3. The van der Waals surface area contributed by atoms with E-state index in [-0.39, 0.29) is 0 Å².